The maximum atomic E-state index is 9.93. The average molecular weight is 537 g/mol. The summed E-state index contributed by atoms with van der Waals surface area (Å²) in [5.41, 5.74) is 5.15. The van der Waals surface area contributed by atoms with E-state index in [0.29, 0.717) is 30.2 Å². The van der Waals surface area contributed by atoms with Gasteiger partial charge in [0, 0.05) is 36.1 Å². The van der Waals surface area contributed by atoms with Crippen LogP contribution in [0.5, 0.6) is 23.0 Å². The maximum Gasteiger partial charge on any atom is 0.207 e. The summed E-state index contributed by atoms with van der Waals surface area (Å²) in [7, 11) is 3.21. The normalized spacial score (nSPS) is 10.2. The Labute approximate surface area is 234 Å². The van der Waals surface area contributed by atoms with Gasteiger partial charge in [-0.15, -0.1) is 0 Å². The summed E-state index contributed by atoms with van der Waals surface area (Å²) in [6.07, 6.45) is 4.19. The first-order valence-electron chi connectivity index (χ1n) is 12.7. The number of rotatable bonds is 9. The van der Waals surface area contributed by atoms with Crippen LogP contribution in [-0.2, 0) is 11.3 Å². The molecule has 0 fully saturated rings. The molecule has 0 atom stereocenters. The Morgan fingerprint density at radius 1 is 0.800 bits per heavy atom. The van der Waals surface area contributed by atoms with Gasteiger partial charge in [0.25, 0.3) is 0 Å². The summed E-state index contributed by atoms with van der Waals surface area (Å²) >= 11 is 0. The monoisotopic (exact) mass is 536 g/mol. The van der Waals surface area contributed by atoms with Crippen molar-refractivity contribution in [2.45, 2.75) is 20.4 Å². The number of aryl methyl sites for hydroxylation is 2. The molecule has 5 aromatic rings. The minimum absolute atomic E-state index is 0.615. The van der Waals surface area contributed by atoms with E-state index in [1.54, 1.807) is 26.6 Å². The van der Waals surface area contributed by atoms with Crippen molar-refractivity contribution in [3.05, 3.63) is 108 Å². The number of benzene rings is 3. The van der Waals surface area contributed by atoms with Crippen molar-refractivity contribution >= 4 is 28.8 Å². The van der Waals surface area contributed by atoms with Crippen LogP contribution in [-0.4, -0.2) is 30.6 Å². The molecular formula is C32H32N4O4. The van der Waals surface area contributed by atoms with Crippen LogP contribution in [0.15, 0.2) is 91.3 Å². The van der Waals surface area contributed by atoms with Crippen molar-refractivity contribution in [1.82, 2.24) is 15.3 Å². The van der Waals surface area contributed by atoms with Gasteiger partial charge in [0.15, 0.2) is 11.5 Å². The lowest BCUT2D eigenvalue weighted by Gasteiger charge is -2.13. The second-order valence-corrected chi connectivity index (χ2v) is 8.94. The van der Waals surface area contributed by atoms with E-state index >= 15 is 0 Å². The summed E-state index contributed by atoms with van der Waals surface area (Å²) in [6.45, 7) is 4.67. The number of anilines is 2. The number of carbonyl (C=O) groups excluding carboxylic acids is 1. The number of carbonyl (C=O) groups is 1. The molecule has 1 amide bonds. The number of nitrogens with one attached hydrogen (secondary N) is 2. The Kier molecular flexibility index (Phi) is 9.50. The molecule has 3 aromatic carbocycles. The molecule has 0 bridgehead atoms. The predicted molar refractivity (Wildman–Crippen MR) is 158 cm³/mol. The lowest BCUT2D eigenvalue weighted by Crippen LogP contribution is -2.09. The third kappa shape index (κ3) is 7.26. The molecule has 204 valence electrons. The molecule has 2 aromatic heterocycles. The topological polar surface area (TPSA) is 94.6 Å². The molecule has 0 aliphatic rings. The molecule has 0 aliphatic heterocycles. The number of pyridine rings is 2. The fourth-order valence-corrected chi connectivity index (χ4v) is 3.89. The number of nitrogens with zero attached hydrogens (tertiary/aromatic N) is 2. The SMILES string of the molecule is COc1cc2nccc(Oc3ccc(Nc4ncccc4C)cc3)c2cc1OC.Cc1ccc(CNC=O)cc1. The second-order valence-electron chi connectivity index (χ2n) is 8.94. The number of hydrogen-bond acceptors (Lipinski definition) is 7. The van der Waals surface area contributed by atoms with Gasteiger partial charge in [0.1, 0.15) is 17.3 Å². The van der Waals surface area contributed by atoms with Crippen LogP contribution >= 0.6 is 0 Å². The van der Waals surface area contributed by atoms with E-state index in [1.165, 1.54) is 5.56 Å². The summed E-state index contributed by atoms with van der Waals surface area (Å²) in [4.78, 5) is 18.7. The molecule has 2 heterocycles. The van der Waals surface area contributed by atoms with E-state index in [0.717, 1.165) is 39.3 Å². The molecule has 0 saturated carbocycles. The number of hydrogen-bond donors (Lipinski definition) is 2. The minimum Gasteiger partial charge on any atom is -0.493 e. The van der Waals surface area contributed by atoms with Crippen LogP contribution < -0.4 is 24.8 Å². The molecule has 0 saturated heterocycles. The first kappa shape index (κ1) is 27.9. The quantitative estimate of drug-likeness (QED) is 0.202. The lowest BCUT2D eigenvalue weighted by atomic mass is 10.1. The highest BCUT2D eigenvalue weighted by molar-refractivity contribution is 5.88. The third-order valence-corrected chi connectivity index (χ3v) is 6.07. The van der Waals surface area contributed by atoms with Crippen LogP contribution in [0.3, 0.4) is 0 Å². The molecule has 8 nitrogen and oxygen atoms in total. The van der Waals surface area contributed by atoms with Crippen LogP contribution in [0.1, 0.15) is 16.7 Å². The van der Waals surface area contributed by atoms with Crippen molar-refractivity contribution in [3.63, 3.8) is 0 Å². The van der Waals surface area contributed by atoms with E-state index in [4.69, 9.17) is 14.2 Å². The van der Waals surface area contributed by atoms with E-state index in [9.17, 15) is 4.79 Å². The lowest BCUT2D eigenvalue weighted by molar-refractivity contribution is -0.109. The Hall–Kier alpha value is -5.11. The van der Waals surface area contributed by atoms with Crippen LogP contribution in [0.25, 0.3) is 10.9 Å². The van der Waals surface area contributed by atoms with Gasteiger partial charge in [0.2, 0.25) is 6.41 Å². The minimum atomic E-state index is 0.615. The van der Waals surface area contributed by atoms with E-state index in [1.807, 2.05) is 92.7 Å². The number of methoxy groups -OCH3 is 2. The van der Waals surface area contributed by atoms with E-state index in [-0.39, 0.29) is 0 Å². The molecule has 8 heteroatoms. The zero-order valence-electron chi connectivity index (χ0n) is 23.0. The van der Waals surface area contributed by atoms with Gasteiger partial charge >= 0.3 is 0 Å². The van der Waals surface area contributed by atoms with Gasteiger partial charge in [-0.3, -0.25) is 9.78 Å². The van der Waals surface area contributed by atoms with Crippen LogP contribution in [0.2, 0.25) is 0 Å². The highest BCUT2D eigenvalue weighted by Gasteiger charge is 2.11. The fraction of sp³-hybridized carbons (Fsp3) is 0.156. The molecule has 5 rings (SSSR count). The van der Waals surface area contributed by atoms with Gasteiger partial charge in [-0.25, -0.2) is 4.98 Å². The smallest absolute Gasteiger partial charge is 0.207 e. The van der Waals surface area contributed by atoms with Crippen LogP contribution in [0, 0.1) is 13.8 Å². The third-order valence-electron chi connectivity index (χ3n) is 6.07. The highest BCUT2D eigenvalue weighted by atomic mass is 16.5. The van der Waals surface area contributed by atoms with E-state index < -0.39 is 0 Å². The number of amides is 1. The zero-order chi connectivity index (χ0) is 28.3. The van der Waals surface area contributed by atoms with Gasteiger partial charge in [-0.05, 0) is 67.4 Å². The molecule has 0 radical (unpaired) electrons. The van der Waals surface area contributed by atoms with Crippen LogP contribution in [0.4, 0.5) is 11.5 Å². The van der Waals surface area contributed by atoms with Gasteiger partial charge in [-0.2, -0.15) is 0 Å². The van der Waals surface area contributed by atoms with Gasteiger partial charge < -0.3 is 24.8 Å². The fourth-order valence-electron chi connectivity index (χ4n) is 3.89. The number of fused-ring (bicyclic) bond motifs is 1. The predicted octanol–water partition coefficient (Wildman–Crippen LogP) is 6.73. The summed E-state index contributed by atoms with van der Waals surface area (Å²) in [5.74, 6) is 3.50. The Morgan fingerprint density at radius 2 is 1.52 bits per heavy atom. The molecule has 0 unspecified atom stereocenters. The van der Waals surface area contributed by atoms with Crippen molar-refractivity contribution < 1.29 is 19.0 Å². The van der Waals surface area contributed by atoms with Crippen molar-refractivity contribution in [2.24, 2.45) is 0 Å². The molecule has 40 heavy (non-hydrogen) atoms. The first-order chi connectivity index (χ1) is 19.5. The molecule has 0 spiro atoms. The Balaban J connectivity index is 0.000000283. The molecule has 2 N–H and O–H groups in total. The van der Waals surface area contributed by atoms with E-state index in [2.05, 4.69) is 20.6 Å². The number of aromatic nitrogens is 2. The van der Waals surface area contributed by atoms with Gasteiger partial charge in [-0.1, -0.05) is 35.9 Å². The first-order valence-corrected chi connectivity index (χ1v) is 12.7. The average Bonchev–Trinajstić information content (AvgIpc) is 2.99. The summed E-state index contributed by atoms with van der Waals surface area (Å²) < 4.78 is 16.9. The Bertz CT molecular complexity index is 1550. The maximum absolute atomic E-state index is 9.93. The van der Waals surface area contributed by atoms with Crippen molar-refractivity contribution in [3.8, 4) is 23.0 Å². The standard InChI is InChI=1S/C23H21N3O3.C9H11NO/c1-15-5-4-11-25-23(15)26-16-6-8-17(9-7-16)29-20-10-12-24-19-14-22(28-3)21(27-2)13-18(19)20;1-8-2-4-9(5-3-8)6-10-7-11/h4-14H,1-3H3,(H,25,26);2-5,7H,6H2,1H3,(H,10,11). The largest absolute Gasteiger partial charge is 0.493 e. The van der Waals surface area contributed by atoms with Crippen molar-refractivity contribution in [1.29, 1.82) is 0 Å². The number of ether oxygens (including phenoxy) is 3. The summed E-state index contributed by atoms with van der Waals surface area (Å²) in [6, 6.07) is 25.3. The molecular weight excluding hydrogens is 504 g/mol. The van der Waals surface area contributed by atoms with Gasteiger partial charge in [0.05, 0.1) is 19.7 Å². The highest BCUT2D eigenvalue weighted by Crippen LogP contribution is 2.37. The zero-order valence-corrected chi connectivity index (χ0v) is 23.0. The molecule has 0 aliphatic carbocycles. The second kappa shape index (κ2) is 13.6. The summed E-state index contributed by atoms with van der Waals surface area (Å²) in [5, 5.41) is 6.76. The van der Waals surface area contributed by atoms with Crippen molar-refractivity contribution in [2.75, 3.05) is 19.5 Å². The Morgan fingerprint density at radius 3 is 2.20 bits per heavy atom.